The minimum Gasteiger partial charge on any atom is -0.472 e. The standard InChI is InChI=1S/C28H43ClN4O5/c1-27(2,3)23(25(35)33-15-14-20(17-33)37-21-13-12-19(29)16-30-21)32-24(34)22(18-10-8-7-9-11-18)31-26(36)38-28(4,5)6/h12-13,16,18,20,22-23H,7-11,14-15,17H2,1-6H3,(H,31,36)(H,32,34)/t20-,22+,23-/m1/s1. The largest absolute Gasteiger partial charge is 0.472 e. The number of alkyl carbamates (subject to hydrolysis) is 1. The van der Waals surface area contributed by atoms with Gasteiger partial charge in [0.25, 0.3) is 0 Å². The number of aromatic nitrogens is 1. The molecule has 2 N–H and O–H groups in total. The van der Waals surface area contributed by atoms with Crippen LogP contribution in [0.2, 0.25) is 5.02 Å². The van der Waals surface area contributed by atoms with Gasteiger partial charge in [-0.05, 0) is 51.0 Å². The highest BCUT2D eigenvalue weighted by atomic mass is 35.5. The number of likely N-dealkylation sites (tertiary alicyclic amines) is 1. The second-order valence-electron chi connectivity index (χ2n) is 12.5. The van der Waals surface area contributed by atoms with Crippen LogP contribution in [-0.2, 0) is 14.3 Å². The van der Waals surface area contributed by atoms with Gasteiger partial charge in [-0.2, -0.15) is 0 Å². The fourth-order valence-electron chi connectivity index (χ4n) is 4.99. The van der Waals surface area contributed by atoms with Gasteiger partial charge in [0.05, 0.1) is 11.6 Å². The van der Waals surface area contributed by atoms with Crippen molar-refractivity contribution >= 4 is 29.5 Å². The molecule has 1 aromatic heterocycles. The second-order valence-corrected chi connectivity index (χ2v) is 12.9. The molecule has 1 saturated carbocycles. The zero-order chi connectivity index (χ0) is 28.1. The zero-order valence-corrected chi connectivity index (χ0v) is 24.3. The molecule has 3 atom stereocenters. The average molecular weight is 551 g/mol. The number of ether oxygens (including phenoxy) is 2. The summed E-state index contributed by atoms with van der Waals surface area (Å²) in [6.07, 6.45) is 6.15. The van der Waals surface area contributed by atoms with Crippen molar-refractivity contribution in [2.75, 3.05) is 13.1 Å². The first-order valence-electron chi connectivity index (χ1n) is 13.6. The Morgan fingerprint density at radius 2 is 1.71 bits per heavy atom. The van der Waals surface area contributed by atoms with Crippen molar-refractivity contribution in [2.45, 2.75) is 104 Å². The van der Waals surface area contributed by atoms with Gasteiger partial charge < -0.3 is 25.0 Å². The molecule has 1 saturated heterocycles. The van der Waals surface area contributed by atoms with E-state index in [2.05, 4.69) is 15.6 Å². The molecule has 3 amide bonds. The van der Waals surface area contributed by atoms with Crippen molar-refractivity contribution in [3.05, 3.63) is 23.4 Å². The van der Waals surface area contributed by atoms with Crippen LogP contribution in [0.5, 0.6) is 5.88 Å². The Morgan fingerprint density at radius 1 is 1.03 bits per heavy atom. The minimum atomic E-state index is -0.770. The van der Waals surface area contributed by atoms with E-state index in [4.69, 9.17) is 21.1 Å². The first-order chi connectivity index (χ1) is 17.7. The number of nitrogens with zero attached hydrogens (tertiary/aromatic N) is 2. The van der Waals surface area contributed by atoms with Gasteiger partial charge >= 0.3 is 6.09 Å². The molecule has 38 heavy (non-hydrogen) atoms. The molecule has 0 unspecified atom stereocenters. The fraction of sp³-hybridized carbons (Fsp3) is 0.714. The molecule has 1 aromatic rings. The molecule has 2 aliphatic rings. The Hall–Kier alpha value is -2.55. The minimum absolute atomic E-state index is 0.0107. The number of rotatable bonds is 7. The molecule has 0 bridgehead atoms. The number of pyridine rings is 1. The van der Waals surface area contributed by atoms with Gasteiger partial charge in [-0.1, -0.05) is 51.6 Å². The predicted octanol–water partition coefficient (Wildman–Crippen LogP) is 4.72. The van der Waals surface area contributed by atoms with Crippen LogP contribution in [0.1, 0.15) is 80.1 Å². The summed E-state index contributed by atoms with van der Waals surface area (Å²) in [5.74, 6) is -0.0737. The van der Waals surface area contributed by atoms with Gasteiger partial charge in [0.15, 0.2) is 0 Å². The molecule has 212 valence electrons. The van der Waals surface area contributed by atoms with Crippen LogP contribution in [0.15, 0.2) is 18.3 Å². The van der Waals surface area contributed by atoms with Gasteiger partial charge in [0.1, 0.15) is 23.8 Å². The van der Waals surface area contributed by atoms with Crippen molar-refractivity contribution < 1.29 is 23.9 Å². The lowest BCUT2D eigenvalue weighted by Crippen LogP contribution is -2.60. The topological polar surface area (TPSA) is 110 Å². The molecule has 1 aliphatic heterocycles. The van der Waals surface area contributed by atoms with E-state index < -0.39 is 29.2 Å². The molecule has 0 radical (unpaired) electrons. The lowest BCUT2D eigenvalue weighted by atomic mass is 9.82. The van der Waals surface area contributed by atoms with E-state index in [1.807, 2.05) is 20.8 Å². The summed E-state index contributed by atoms with van der Waals surface area (Å²) in [4.78, 5) is 45.9. The number of hydrogen-bond donors (Lipinski definition) is 2. The number of carbonyl (C=O) groups excluding carboxylic acids is 3. The van der Waals surface area contributed by atoms with Crippen LogP contribution in [0.3, 0.4) is 0 Å². The molecule has 0 aromatic carbocycles. The van der Waals surface area contributed by atoms with E-state index in [9.17, 15) is 14.4 Å². The van der Waals surface area contributed by atoms with Crippen LogP contribution in [0.25, 0.3) is 0 Å². The first kappa shape index (κ1) is 30.0. The third-order valence-corrected chi connectivity index (χ3v) is 7.14. The molecular weight excluding hydrogens is 508 g/mol. The molecule has 3 rings (SSSR count). The Labute approximate surface area is 231 Å². The summed E-state index contributed by atoms with van der Waals surface area (Å²) in [6.45, 7) is 12.0. The van der Waals surface area contributed by atoms with E-state index in [-0.39, 0.29) is 23.8 Å². The Bertz CT molecular complexity index is 967. The highest BCUT2D eigenvalue weighted by Gasteiger charge is 2.41. The lowest BCUT2D eigenvalue weighted by Gasteiger charge is -2.36. The van der Waals surface area contributed by atoms with Gasteiger partial charge in [0, 0.05) is 25.2 Å². The summed E-state index contributed by atoms with van der Waals surface area (Å²) in [5, 5.41) is 6.34. The lowest BCUT2D eigenvalue weighted by molar-refractivity contribution is -0.139. The van der Waals surface area contributed by atoms with E-state index in [0.717, 1.165) is 32.1 Å². The SMILES string of the molecule is CC(C)(C)OC(=O)N[C@H](C(=O)N[C@H](C(=O)N1CC[C@@H](Oc2ccc(Cl)cn2)C1)C(C)(C)C)C1CCCCC1. The molecular formula is C28H43ClN4O5. The van der Waals surface area contributed by atoms with Crippen LogP contribution in [0, 0.1) is 11.3 Å². The van der Waals surface area contributed by atoms with Crippen LogP contribution in [0.4, 0.5) is 4.79 Å². The molecule has 10 heteroatoms. The molecule has 0 spiro atoms. The van der Waals surface area contributed by atoms with Crippen molar-refractivity contribution in [1.82, 2.24) is 20.5 Å². The maximum atomic E-state index is 13.7. The van der Waals surface area contributed by atoms with E-state index in [1.54, 1.807) is 37.8 Å². The Balaban J connectivity index is 1.70. The molecule has 2 fully saturated rings. The normalized spacial score (nSPS) is 20.4. The number of amides is 3. The molecule has 2 heterocycles. The Morgan fingerprint density at radius 3 is 2.29 bits per heavy atom. The summed E-state index contributed by atoms with van der Waals surface area (Å²) < 4.78 is 11.4. The van der Waals surface area contributed by atoms with E-state index >= 15 is 0 Å². The number of halogens is 1. The van der Waals surface area contributed by atoms with Gasteiger partial charge in [0.2, 0.25) is 17.7 Å². The maximum Gasteiger partial charge on any atom is 0.408 e. The highest BCUT2D eigenvalue weighted by Crippen LogP contribution is 2.29. The number of carbonyl (C=O) groups is 3. The third-order valence-electron chi connectivity index (χ3n) is 6.92. The van der Waals surface area contributed by atoms with Gasteiger partial charge in [-0.3, -0.25) is 9.59 Å². The molecule has 1 aliphatic carbocycles. The summed E-state index contributed by atoms with van der Waals surface area (Å²) in [7, 11) is 0. The quantitative estimate of drug-likeness (QED) is 0.508. The van der Waals surface area contributed by atoms with Gasteiger partial charge in [-0.15, -0.1) is 0 Å². The number of hydrogen-bond acceptors (Lipinski definition) is 6. The van der Waals surface area contributed by atoms with Crippen molar-refractivity contribution in [3.63, 3.8) is 0 Å². The highest BCUT2D eigenvalue weighted by molar-refractivity contribution is 6.30. The average Bonchev–Trinajstić information content (AvgIpc) is 3.29. The van der Waals surface area contributed by atoms with E-state index in [0.29, 0.717) is 30.4 Å². The van der Waals surface area contributed by atoms with Crippen LogP contribution >= 0.6 is 11.6 Å². The van der Waals surface area contributed by atoms with Crippen molar-refractivity contribution in [2.24, 2.45) is 11.3 Å². The maximum absolute atomic E-state index is 13.7. The van der Waals surface area contributed by atoms with Crippen molar-refractivity contribution in [3.8, 4) is 5.88 Å². The van der Waals surface area contributed by atoms with E-state index in [1.165, 1.54) is 6.20 Å². The fourth-order valence-corrected chi connectivity index (χ4v) is 5.10. The third kappa shape index (κ3) is 8.75. The van der Waals surface area contributed by atoms with Crippen LogP contribution in [-0.4, -0.2) is 64.7 Å². The summed E-state index contributed by atoms with van der Waals surface area (Å²) in [5.41, 5.74) is -1.23. The smallest absolute Gasteiger partial charge is 0.408 e. The Kier molecular flexibility index (Phi) is 9.90. The predicted molar refractivity (Wildman–Crippen MR) is 146 cm³/mol. The van der Waals surface area contributed by atoms with Gasteiger partial charge in [-0.25, -0.2) is 9.78 Å². The monoisotopic (exact) mass is 550 g/mol. The van der Waals surface area contributed by atoms with Crippen molar-refractivity contribution in [1.29, 1.82) is 0 Å². The second kappa shape index (κ2) is 12.5. The molecule has 9 nitrogen and oxygen atoms in total. The zero-order valence-electron chi connectivity index (χ0n) is 23.5. The summed E-state index contributed by atoms with van der Waals surface area (Å²) in [6, 6.07) is 1.87. The van der Waals surface area contributed by atoms with Crippen LogP contribution < -0.4 is 15.4 Å². The number of nitrogens with one attached hydrogen (secondary N) is 2. The summed E-state index contributed by atoms with van der Waals surface area (Å²) >= 11 is 5.90. The first-order valence-corrected chi connectivity index (χ1v) is 14.0.